The standard InChI is InChI=1S/C20H27NO4/c1-5-7-8-15(6-2)14-25-20(22)17(13-21)11-16-9-10-18(23-3)19(12-16)24-4/h9-12,15H,5-8,14H2,1-4H3/b17-11+. The third-order valence-corrected chi connectivity index (χ3v) is 4.05. The van der Waals surface area contributed by atoms with Crippen LogP contribution in [0.15, 0.2) is 23.8 Å². The molecule has 1 rings (SSSR count). The molecule has 0 aliphatic rings. The molecule has 1 unspecified atom stereocenters. The molecule has 1 aromatic rings. The predicted octanol–water partition coefficient (Wildman–Crippen LogP) is 4.37. The highest BCUT2D eigenvalue weighted by Crippen LogP contribution is 2.28. The summed E-state index contributed by atoms with van der Waals surface area (Å²) in [6, 6.07) is 7.10. The fourth-order valence-corrected chi connectivity index (χ4v) is 2.42. The number of hydrogen-bond acceptors (Lipinski definition) is 5. The maximum atomic E-state index is 12.2. The molecule has 0 aromatic heterocycles. The molecule has 1 atom stereocenters. The second-order valence-corrected chi connectivity index (χ2v) is 5.80. The quantitative estimate of drug-likeness (QED) is 0.358. The van der Waals surface area contributed by atoms with E-state index in [1.165, 1.54) is 13.2 Å². The summed E-state index contributed by atoms with van der Waals surface area (Å²) in [7, 11) is 3.08. The molecule has 0 aliphatic heterocycles. The average molecular weight is 345 g/mol. The maximum absolute atomic E-state index is 12.2. The van der Waals surface area contributed by atoms with Crippen LogP contribution in [0.1, 0.15) is 45.1 Å². The monoisotopic (exact) mass is 345 g/mol. The Bertz CT molecular complexity index is 631. The molecule has 0 radical (unpaired) electrons. The molecule has 0 N–H and O–H groups in total. The van der Waals surface area contributed by atoms with Crippen LogP contribution in [0.25, 0.3) is 6.08 Å². The van der Waals surface area contributed by atoms with E-state index in [-0.39, 0.29) is 5.57 Å². The second kappa shape index (κ2) is 11.1. The van der Waals surface area contributed by atoms with Crippen LogP contribution in [-0.4, -0.2) is 26.8 Å². The first-order valence-corrected chi connectivity index (χ1v) is 8.60. The number of unbranched alkanes of at least 4 members (excludes halogenated alkanes) is 1. The average Bonchev–Trinajstić information content (AvgIpc) is 2.65. The van der Waals surface area contributed by atoms with Crippen molar-refractivity contribution in [3.8, 4) is 17.6 Å². The Morgan fingerprint density at radius 2 is 1.96 bits per heavy atom. The van der Waals surface area contributed by atoms with E-state index in [1.807, 2.05) is 6.07 Å². The molecule has 1 aromatic carbocycles. The van der Waals surface area contributed by atoms with E-state index >= 15 is 0 Å². The van der Waals surface area contributed by atoms with Crippen molar-refractivity contribution in [3.05, 3.63) is 29.3 Å². The molecule has 0 saturated carbocycles. The highest BCUT2D eigenvalue weighted by atomic mass is 16.5. The van der Waals surface area contributed by atoms with Crippen molar-refractivity contribution in [1.82, 2.24) is 0 Å². The summed E-state index contributed by atoms with van der Waals surface area (Å²) in [5.41, 5.74) is 0.640. The zero-order valence-electron chi connectivity index (χ0n) is 15.5. The summed E-state index contributed by atoms with van der Waals surface area (Å²) in [5, 5.41) is 9.27. The molecule has 0 saturated heterocycles. The number of carbonyl (C=O) groups excluding carboxylic acids is 1. The van der Waals surface area contributed by atoms with E-state index in [4.69, 9.17) is 14.2 Å². The van der Waals surface area contributed by atoms with Crippen LogP contribution in [0, 0.1) is 17.2 Å². The van der Waals surface area contributed by atoms with Crippen LogP contribution in [0.4, 0.5) is 0 Å². The van der Waals surface area contributed by atoms with Crippen molar-refractivity contribution in [2.24, 2.45) is 5.92 Å². The van der Waals surface area contributed by atoms with Crippen LogP contribution in [0.5, 0.6) is 11.5 Å². The summed E-state index contributed by atoms with van der Waals surface area (Å²) >= 11 is 0. The molecule has 25 heavy (non-hydrogen) atoms. The molecule has 0 amide bonds. The normalized spacial score (nSPS) is 12.2. The number of nitriles is 1. The van der Waals surface area contributed by atoms with E-state index in [9.17, 15) is 10.1 Å². The lowest BCUT2D eigenvalue weighted by Crippen LogP contribution is -2.15. The summed E-state index contributed by atoms with van der Waals surface area (Å²) in [4.78, 5) is 12.2. The van der Waals surface area contributed by atoms with Gasteiger partial charge in [0, 0.05) is 0 Å². The van der Waals surface area contributed by atoms with Crippen LogP contribution >= 0.6 is 0 Å². The molecule has 0 spiro atoms. The molecule has 5 nitrogen and oxygen atoms in total. The Kier molecular flexibility index (Phi) is 9.16. The number of benzene rings is 1. The number of rotatable bonds is 10. The summed E-state index contributed by atoms with van der Waals surface area (Å²) in [5.74, 6) is 0.868. The van der Waals surface area contributed by atoms with Gasteiger partial charge >= 0.3 is 5.97 Å². The Hall–Kier alpha value is -2.48. The van der Waals surface area contributed by atoms with E-state index in [0.29, 0.717) is 29.6 Å². The number of carbonyl (C=O) groups is 1. The zero-order chi connectivity index (χ0) is 18.7. The van der Waals surface area contributed by atoms with E-state index in [2.05, 4.69) is 13.8 Å². The topological polar surface area (TPSA) is 68.6 Å². The fourth-order valence-electron chi connectivity index (χ4n) is 2.42. The van der Waals surface area contributed by atoms with Gasteiger partial charge in [-0.2, -0.15) is 5.26 Å². The maximum Gasteiger partial charge on any atom is 0.348 e. The molecule has 0 aliphatic carbocycles. The van der Waals surface area contributed by atoms with Gasteiger partial charge in [-0.25, -0.2) is 4.79 Å². The van der Waals surface area contributed by atoms with E-state index in [0.717, 1.165) is 25.7 Å². The van der Waals surface area contributed by atoms with Gasteiger partial charge < -0.3 is 14.2 Å². The first kappa shape index (κ1) is 20.6. The summed E-state index contributed by atoms with van der Waals surface area (Å²) in [6.45, 7) is 4.57. The third-order valence-electron chi connectivity index (χ3n) is 4.05. The van der Waals surface area contributed by atoms with Crippen molar-refractivity contribution in [2.75, 3.05) is 20.8 Å². The third kappa shape index (κ3) is 6.50. The molecule has 136 valence electrons. The summed E-state index contributed by atoms with van der Waals surface area (Å²) < 4.78 is 15.7. The fraction of sp³-hybridized carbons (Fsp3) is 0.500. The number of methoxy groups -OCH3 is 2. The van der Waals surface area contributed by atoms with Gasteiger partial charge in [0.15, 0.2) is 11.5 Å². The SMILES string of the molecule is CCCCC(CC)COC(=O)/C(C#N)=C/c1ccc(OC)c(OC)c1. The highest BCUT2D eigenvalue weighted by molar-refractivity contribution is 5.97. The number of hydrogen-bond donors (Lipinski definition) is 0. The van der Waals surface area contributed by atoms with Gasteiger partial charge in [0.05, 0.1) is 20.8 Å². The Balaban J connectivity index is 2.81. The van der Waals surface area contributed by atoms with Crippen molar-refractivity contribution in [1.29, 1.82) is 5.26 Å². The number of esters is 1. The van der Waals surface area contributed by atoms with Gasteiger partial charge in [0.1, 0.15) is 11.6 Å². The van der Waals surface area contributed by atoms with Crippen molar-refractivity contribution >= 4 is 12.0 Å². The largest absolute Gasteiger partial charge is 0.493 e. The molecular weight excluding hydrogens is 318 g/mol. The Labute approximate surface area is 150 Å². The van der Waals surface area contributed by atoms with Crippen LogP contribution in [0.2, 0.25) is 0 Å². The van der Waals surface area contributed by atoms with E-state index in [1.54, 1.807) is 25.3 Å². The lowest BCUT2D eigenvalue weighted by molar-refractivity contribution is -0.139. The van der Waals surface area contributed by atoms with Gasteiger partial charge in [0.2, 0.25) is 0 Å². The van der Waals surface area contributed by atoms with Crippen molar-refractivity contribution in [2.45, 2.75) is 39.5 Å². The Morgan fingerprint density at radius 3 is 2.52 bits per heavy atom. The zero-order valence-corrected chi connectivity index (χ0v) is 15.5. The van der Waals surface area contributed by atoms with Gasteiger partial charge in [0.25, 0.3) is 0 Å². The molecule has 0 heterocycles. The molecular formula is C20H27NO4. The van der Waals surface area contributed by atoms with Crippen molar-refractivity contribution in [3.63, 3.8) is 0 Å². The van der Waals surface area contributed by atoms with Crippen LogP contribution in [-0.2, 0) is 9.53 Å². The lowest BCUT2D eigenvalue weighted by atomic mass is 10.0. The highest BCUT2D eigenvalue weighted by Gasteiger charge is 2.15. The minimum atomic E-state index is -0.591. The summed E-state index contributed by atoms with van der Waals surface area (Å²) in [6.07, 6.45) is 5.71. The predicted molar refractivity (Wildman–Crippen MR) is 97.4 cm³/mol. The minimum Gasteiger partial charge on any atom is -0.493 e. The first-order chi connectivity index (χ1) is 12.1. The van der Waals surface area contributed by atoms with Gasteiger partial charge in [-0.15, -0.1) is 0 Å². The first-order valence-electron chi connectivity index (χ1n) is 8.60. The second-order valence-electron chi connectivity index (χ2n) is 5.80. The lowest BCUT2D eigenvalue weighted by Gasteiger charge is -2.14. The number of nitrogens with zero attached hydrogens (tertiary/aromatic N) is 1. The van der Waals surface area contributed by atoms with Crippen molar-refractivity contribution < 1.29 is 19.0 Å². The molecule has 5 heteroatoms. The molecule has 0 fully saturated rings. The minimum absolute atomic E-state index is 0.0300. The number of ether oxygens (including phenoxy) is 3. The Morgan fingerprint density at radius 1 is 1.24 bits per heavy atom. The molecule has 0 bridgehead atoms. The smallest absolute Gasteiger partial charge is 0.348 e. The van der Waals surface area contributed by atoms with Crippen LogP contribution in [0.3, 0.4) is 0 Å². The van der Waals surface area contributed by atoms with Gasteiger partial charge in [-0.05, 0) is 36.1 Å². The van der Waals surface area contributed by atoms with Gasteiger partial charge in [-0.1, -0.05) is 39.2 Å². The van der Waals surface area contributed by atoms with E-state index < -0.39 is 5.97 Å². The van der Waals surface area contributed by atoms with Gasteiger partial charge in [-0.3, -0.25) is 0 Å². The van der Waals surface area contributed by atoms with Crippen LogP contribution < -0.4 is 9.47 Å².